The fraction of sp³-hybridized carbons (Fsp3) is 0.611. The maximum Gasteiger partial charge on any atom is 0.255 e. The third-order valence-corrected chi connectivity index (χ3v) is 3.96. The van der Waals surface area contributed by atoms with Crippen LogP contribution >= 0.6 is 11.6 Å². The van der Waals surface area contributed by atoms with E-state index in [0.717, 1.165) is 12.1 Å². The monoisotopic (exact) mass is 356 g/mol. The zero-order valence-electron chi connectivity index (χ0n) is 14.7. The number of unbranched alkanes of at least 4 members (excludes halogenated alkanes) is 5. The Bertz CT molecular complexity index is 509. The van der Waals surface area contributed by atoms with Crippen LogP contribution in [0.25, 0.3) is 0 Å². The van der Waals surface area contributed by atoms with E-state index in [1.165, 1.54) is 45.6 Å². The van der Waals surface area contributed by atoms with E-state index >= 15 is 0 Å². The third-order valence-electron chi connectivity index (χ3n) is 3.68. The Labute approximate surface area is 149 Å². The molecule has 0 aliphatic carbocycles. The van der Waals surface area contributed by atoms with Crippen molar-refractivity contribution in [1.82, 2.24) is 5.32 Å². The van der Waals surface area contributed by atoms with Gasteiger partial charge >= 0.3 is 0 Å². The molecule has 5 nitrogen and oxygen atoms in total. The molecule has 0 bridgehead atoms. The van der Waals surface area contributed by atoms with E-state index in [2.05, 4.69) is 12.2 Å². The molecule has 0 heterocycles. The first kappa shape index (κ1) is 20.6. The second kappa shape index (κ2) is 12.0. The maximum atomic E-state index is 10.8. The maximum absolute atomic E-state index is 10.8. The van der Waals surface area contributed by atoms with Crippen LogP contribution in [-0.2, 0) is 11.3 Å². The van der Waals surface area contributed by atoms with Crippen LogP contribution in [0.2, 0.25) is 5.02 Å². The zero-order chi connectivity index (χ0) is 17.8. The summed E-state index contributed by atoms with van der Waals surface area (Å²) in [7, 11) is 1.54. The van der Waals surface area contributed by atoms with Gasteiger partial charge in [0.25, 0.3) is 5.91 Å². The summed E-state index contributed by atoms with van der Waals surface area (Å²) in [5, 5.41) is 3.82. The van der Waals surface area contributed by atoms with Gasteiger partial charge in [0.15, 0.2) is 18.1 Å². The number of ether oxygens (including phenoxy) is 2. The number of hydrogen-bond acceptors (Lipinski definition) is 4. The average Bonchev–Trinajstić information content (AvgIpc) is 2.55. The minimum atomic E-state index is -0.558. The Morgan fingerprint density at radius 3 is 2.58 bits per heavy atom. The minimum Gasteiger partial charge on any atom is -0.493 e. The molecular weight excluding hydrogens is 328 g/mol. The number of amides is 1. The molecule has 1 aromatic rings. The molecule has 136 valence electrons. The van der Waals surface area contributed by atoms with E-state index in [1.54, 1.807) is 0 Å². The molecule has 0 aliphatic heterocycles. The lowest BCUT2D eigenvalue weighted by Gasteiger charge is -2.13. The normalized spacial score (nSPS) is 10.6. The van der Waals surface area contributed by atoms with Crippen LogP contribution in [-0.4, -0.2) is 26.2 Å². The molecule has 0 fully saturated rings. The van der Waals surface area contributed by atoms with Gasteiger partial charge in [0.2, 0.25) is 0 Å². The topological polar surface area (TPSA) is 73.6 Å². The zero-order valence-corrected chi connectivity index (χ0v) is 15.5. The summed E-state index contributed by atoms with van der Waals surface area (Å²) in [6, 6.07) is 3.67. The molecule has 0 saturated heterocycles. The number of carbonyl (C=O) groups is 1. The lowest BCUT2D eigenvalue weighted by atomic mass is 10.1. The van der Waals surface area contributed by atoms with E-state index in [9.17, 15) is 4.79 Å². The molecule has 0 unspecified atom stereocenters. The summed E-state index contributed by atoms with van der Waals surface area (Å²) in [6.07, 6.45) is 7.68. The number of carbonyl (C=O) groups excluding carboxylic acids is 1. The van der Waals surface area contributed by atoms with Gasteiger partial charge in [-0.15, -0.1) is 0 Å². The number of hydrogen-bond donors (Lipinski definition) is 2. The van der Waals surface area contributed by atoms with Gasteiger partial charge < -0.3 is 20.5 Å². The number of halogens is 1. The van der Waals surface area contributed by atoms with Crippen molar-refractivity contribution in [3.63, 3.8) is 0 Å². The SMILES string of the molecule is CCCCCCCCNCc1cc(Cl)c(OCC(N)=O)c(OC)c1. The van der Waals surface area contributed by atoms with Crippen molar-refractivity contribution in [1.29, 1.82) is 0 Å². The molecule has 0 saturated carbocycles. The van der Waals surface area contributed by atoms with Crippen molar-refractivity contribution in [3.05, 3.63) is 22.7 Å². The van der Waals surface area contributed by atoms with Crippen LogP contribution in [0.1, 0.15) is 51.0 Å². The van der Waals surface area contributed by atoms with Crippen LogP contribution in [0.4, 0.5) is 0 Å². The molecule has 0 atom stereocenters. The fourth-order valence-corrected chi connectivity index (χ4v) is 2.71. The fourth-order valence-electron chi connectivity index (χ4n) is 2.42. The van der Waals surface area contributed by atoms with Gasteiger partial charge in [-0.25, -0.2) is 0 Å². The summed E-state index contributed by atoms with van der Waals surface area (Å²) in [5.74, 6) is 0.288. The van der Waals surface area contributed by atoms with Gasteiger partial charge in [-0.2, -0.15) is 0 Å². The van der Waals surface area contributed by atoms with Gasteiger partial charge in [0, 0.05) is 6.54 Å². The molecule has 3 N–H and O–H groups in total. The number of benzene rings is 1. The van der Waals surface area contributed by atoms with E-state index in [1.807, 2.05) is 12.1 Å². The lowest BCUT2D eigenvalue weighted by Crippen LogP contribution is -2.20. The van der Waals surface area contributed by atoms with Crippen molar-refractivity contribution in [2.45, 2.75) is 52.0 Å². The Morgan fingerprint density at radius 1 is 1.21 bits per heavy atom. The predicted octanol–water partition coefficient (Wildman–Crippen LogP) is 3.66. The van der Waals surface area contributed by atoms with Crippen LogP contribution in [0.5, 0.6) is 11.5 Å². The van der Waals surface area contributed by atoms with Gasteiger partial charge in [-0.3, -0.25) is 4.79 Å². The molecular formula is C18H29ClN2O3. The third kappa shape index (κ3) is 7.88. The van der Waals surface area contributed by atoms with E-state index in [4.69, 9.17) is 26.8 Å². The standard InChI is InChI=1S/C18H29ClN2O3/c1-3-4-5-6-7-8-9-21-12-14-10-15(19)18(16(11-14)23-2)24-13-17(20)22/h10-11,21H,3-9,12-13H2,1-2H3,(H2,20,22). The molecule has 0 radical (unpaired) electrons. The Kier molecular flexibility index (Phi) is 10.3. The number of nitrogens with two attached hydrogens (primary N) is 1. The van der Waals surface area contributed by atoms with Crippen molar-refractivity contribution >= 4 is 17.5 Å². The molecule has 1 amide bonds. The smallest absolute Gasteiger partial charge is 0.255 e. The quantitative estimate of drug-likeness (QED) is 0.529. The second-order valence-electron chi connectivity index (χ2n) is 5.81. The molecule has 0 aromatic heterocycles. The molecule has 1 rings (SSSR count). The number of primary amides is 1. The van der Waals surface area contributed by atoms with Crippen molar-refractivity contribution in [2.75, 3.05) is 20.3 Å². The number of nitrogens with one attached hydrogen (secondary N) is 1. The van der Waals surface area contributed by atoms with Crippen LogP contribution < -0.4 is 20.5 Å². The number of methoxy groups -OCH3 is 1. The van der Waals surface area contributed by atoms with Crippen LogP contribution in [0.15, 0.2) is 12.1 Å². The highest BCUT2D eigenvalue weighted by molar-refractivity contribution is 6.32. The van der Waals surface area contributed by atoms with Gasteiger partial charge in [0.1, 0.15) is 0 Å². The summed E-state index contributed by atoms with van der Waals surface area (Å²) < 4.78 is 10.6. The van der Waals surface area contributed by atoms with Crippen LogP contribution in [0, 0.1) is 0 Å². The van der Waals surface area contributed by atoms with E-state index in [0.29, 0.717) is 23.1 Å². The first-order valence-corrected chi connectivity index (χ1v) is 8.94. The Balaban J connectivity index is 2.43. The van der Waals surface area contributed by atoms with Gasteiger partial charge in [0.05, 0.1) is 12.1 Å². The first-order valence-electron chi connectivity index (χ1n) is 8.56. The minimum absolute atomic E-state index is 0.230. The summed E-state index contributed by atoms with van der Waals surface area (Å²) in [5.41, 5.74) is 6.09. The molecule has 1 aromatic carbocycles. The molecule has 6 heteroatoms. The highest BCUT2D eigenvalue weighted by Gasteiger charge is 2.13. The summed E-state index contributed by atoms with van der Waals surface area (Å²) in [6.45, 7) is 3.68. The molecule has 24 heavy (non-hydrogen) atoms. The van der Waals surface area contributed by atoms with Crippen molar-refractivity contribution in [2.24, 2.45) is 5.73 Å². The van der Waals surface area contributed by atoms with E-state index in [-0.39, 0.29) is 6.61 Å². The molecule has 0 aliphatic rings. The predicted molar refractivity (Wildman–Crippen MR) is 97.8 cm³/mol. The van der Waals surface area contributed by atoms with Crippen molar-refractivity contribution in [3.8, 4) is 11.5 Å². The highest BCUT2D eigenvalue weighted by Crippen LogP contribution is 2.36. The number of rotatable bonds is 13. The van der Waals surface area contributed by atoms with E-state index < -0.39 is 5.91 Å². The van der Waals surface area contributed by atoms with Crippen LogP contribution in [0.3, 0.4) is 0 Å². The second-order valence-corrected chi connectivity index (χ2v) is 6.22. The largest absolute Gasteiger partial charge is 0.493 e. The average molecular weight is 357 g/mol. The van der Waals surface area contributed by atoms with Crippen molar-refractivity contribution < 1.29 is 14.3 Å². The summed E-state index contributed by atoms with van der Waals surface area (Å²) >= 11 is 6.22. The summed E-state index contributed by atoms with van der Waals surface area (Å²) in [4.78, 5) is 10.8. The lowest BCUT2D eigenvalue weighted by molar-refractivity contribution is -0.119. The Morgan fingerprint density at radius 2 is 1.92 bits per heavy atom. The first-order chi connectivity index (χ1) is 11.6. The Hall–Kier alpha value is -1.46. The highest BCUT2D eigenvalue weighted by atomic mass is 35.5. The van der Waals surface area contributed by atoms with Gasteiger partial charge in [-0.05, 0) is 30.7 Å². The van der Waals surface area contributed by atoms with Gasteiger partial charge in [-0.1, -0.05) is 50.6 Å². The molecule has 0 spiro atoms.